The van der Waals surface area contributed by atoms with Crippen LogP contribution >= 0.6 is 0 Å². The van der Waals surface area contributed by atoms with Crippen LogP contribution in [0, 0.1) is 5.82 Å². The van der Waals surface area contributed by atoms with Gasteiger partial charge in [0.1, 0.15) is 12.4 Å². The molecule has 2 aromatic rings. The van der Waals surface area contributed by atoms with Gasteiger partial charge in [0.2, 0.25) is 0 Å². The van der Waals surface area contributed by atoms with Crippen LogP contribution in [0.25, 0.3) is 10.9 Å². The highest BCUT2D eigenvalue weighted by Crippen LogP contribution is 2.31. The summed E-state index contributed by atoms with van der Waals surface area (Å²) < 4.78 is 23.2. The lowest BCUT2D eigenvalue weighted by Gasteiger charge is -2.04. The lowest BCUT2D eigenvalue weighted by Crippen LogP contribution is -2.05. The highest BCUT2D eigenvalue weighted by molar-refractivity contribution is 6.00. The van der Waals surface area contributed by atoms with Crippen molar-refractivity contribution in [1.29, 1.82) is 0 Å². The number of carbonyl (C=O) groups is 1. The van der Waals surface area contributed by atoms with Gasteiger partial charge in [-0.15, -0.1) is 0 Å². The fourth-order valence-electron chi connectivity index (χ4n) is 1.68. The summed E-state index contributed by atoms with van der Waals surface area (Å²) in [5.74, 6) is -0.613. The molecule has 94 valence electrons. The molecule has 0 spiro atoms. The lowest BCUT2D eigenvalue weighted by atomic mass is 10.2. The fourth-order valence-corrected chi connectivity index (χ4v) is 1.68. The minimum Gasteiger partial charge on any atom is -0.486 e. The van der Waals surface area contributed by atoms with E-state index in [1.54, 1.807) is 12.1 Å². The Balaban J connectivity index is 2.59. The van der Waals surface area contributed by atoms with Crippen molar-refractivity contribution >= 4 is 16.9 Å². The van der Waals surface area contributed by atoms with Crippen LogP contribution in [0.4, 0.5) is 4.39 Å². The summed E-state index contributed by atoms with van der Waals surface area (Å²) >= 11 is 0. The molecule has 0 bridgehead atoms. The number of H-pyrrole nitrogens is 1. The van der Waals surface area contributed by atoms with Gasteiger partial charge in [0, 0.05) is 5.39 Å². The molecule has 1 aromatic heterocycles. The molecule has 0 atom stereocenters. The fraction of sp³-hybridized carbons (Fsp3) is 0.154. The molecule has 0 aliphatic rings. The third-order valence-electron chi connectivity index (χ3n) is 2.45. The first-order chi connectivity index (χ1) is 8.67. The molecule has 5 heteroatoms. The number of benzene rings is 1. The van der Waals surface area contributed by atoms with Gasteiger partial charge in [-0.1, -0.05) is 12.7 Å². The molecule has 0 unspecified atom stereocenters. The summed E-state index contributed by atoms with van der Waals surface area (Å²) in [7, 11) is 1.27. The number of carbonyl (C=O) groups excluding carboxylic acids is 1. The maximum Gasteiger partial charge on any atom is 0.358 e. The zero-order chi connectivity index (χ0) is 13.1. The van der Waals surface area contributed by atoms with E-state index in [-0.39, 0.29) is 12.3 Å². The average Bonchev–Trinajstić information content (AvgIpc) is 2.73. The molecule has 1 aromatic carbocycles. The van der Waals surface area contributed by atoms with Crippen molar-refractivity contribution in [3.05, 3.63) is 42.4 Å². The Morgan fingerprint density at radius 3 is 3.00 bits per heavy atom. The number of nitrogens with one attached hydrogen (secondary N) is 1. The maximum absolute atomic E-state index is 13.1. The number of fused-ring (bicyclic) bond motifs is 1. The summed E-state index contributed by atoms with van der Waals surface area (Å²) in [5.41, 5.74) is 0.648. The Kier molecular flexibility index (Phi) is 3.32. The van der Waals surface area contributed by atoms with E-state index in [2.05, 4.69) is 16.3 Å². The summed E-state index contributed by atoms with van der Waals surface area (Å²) in [5, 5.41) is 0.624. The average molecular weight is 249 g/mol. The molecule has 0 saturated carbocycles. The number of hydrogen-bond donors (Lipinski definition) is 1. The van der Waals surface area contributed by atoms with Crippen LogP contribution in [0.15, 0.2) is 30.9 Å². The molecule has 0 saturated heterocycles. The predicted octanol–water partition coefficient (Wildman–Crippen LogP) is 2.66. The van der Waals surface area contributed by atoms with E-state index in [1.807, 2.05) is 0 Å². The summed E-state index contributed by atoms with van der Waals surface area (Å²) in [6.07, 6.45) is 1.56. The SMILES string of the molecule is C=CCOc1c(C(=O)OC)[nH]c2cc(F)ccc12. The molecule has 0 amide bonds. The lowest BCUT2D eigenvalue weighted by molar-refractivity contribution is 0.0591. The molecule has 4 nitrogen and oxygen atoms in total. The van der Waals surface area contributed by atoms with Gasteiger partial charge in [-0.05, 0) is 18.2 Å². The van der Waals surface area contributed by atoms with Crippen molar-refractivity contribution in [2.75, 3.05) is 13.7 Å². The Morgan fingerprint density at radius 1 is 1.56 bits per heavy atom. The molecular weight excluding hydrogens is 237 g/mol. The predicted molar refractivity (Wildman–Crippen MR) is 65.3 cm³/mol. The topological polar surface area (TPSA) is 51.3 Å². The Hall–Kier alpha value is -2.30. The van der Waals surface area contributed by atoms with E-state index in [0.29, 0.717) is 16.7 Å². The van der Waals surface area contributed by atoms with Crippen molar-refractivity contribution in [3.8, 4) is 5.75 Å². The second-order valence-electron chi connectivity index (χ2n) is 3.61. The Morgan fingerprint density at radius 2 is 2.33 bits per heavy atom. The number of ether oxygens (including phenoxy) is 2. The van der Waals surface area contributed by atoms with Crippen LogP contribution in [-0.4, -0.2) is 24.7 Å². The minimum atomic E-state index is -0.564. The van der Waals surface area contributed by atoms with E-state index < -0.39 is 11.8 Å². The highest BCUT2D eigenvalue weighted by Gasteiger charge is 2.19. The summed E-state index contributed by atoms with van der Waals surface area (Å²) in [6, 6.07) is 4.15. The van der Waals surface area contributed by atoms with Crippen LogP contribution in [0.3, 0.4) is 0 Å². The van der Waals surface area contributed by atoms with E-state index in [0.717, 1.165) is 0 Å². The number of esters is 1. The number of rotatable bonds is 4. The minimum absolute atomic E-state index is 0.167. The number of aromatic amines is 1. The van der Waals surface area contributed by atoms with Crippen molar-refractivity contribution < 1.29 is 18.7 Å². The van der Waals surface area contributed by atoms with Gasteiger partial charge in [0.15, 0.2) is 11.4 Å². The van der Waals surface area contributed by atoms with Crippen LogP contribution < -0.4 is 4.74 Å². The molecule has 0 radical (unpaired) electrons. The van der Waals surface area contributed by atoms with Crippen molar-refractivity contribution in [2.24, 2.45) is 0 Å². The van der Waals surface area contributed by atoms with Gasteiger partial charge in [0.25, 0.3) is 0 Å². The number of methoxy groups -OCH3 is 1. The van der Waals surface area contributed by atoms with Crippen molar-refractivity contribution in [1.82, 2.24) is 4.98 Å². The monoisotopic (exact) mass is 249 g/mol. The first kappa shape index (κ1) is 12.2. The molecule has 0 fully saturated rings. The largest absolute Gasteiger partial charge is 0.486 e. The maximum atomic E-state index is 13.1. The van der Waals surface area contributed by atoms with E-state index in [9.17, 15) is 9.18 Å². The number of halogens is 1. The molecule has 1 N–H and O–H groups in total. The van der Waals surface area contributed by atoms with Crippen LogP contribution in [0.5, 0.6) is 5.75 Å². The first-order valence-corrected chi connectivity index (χ1v) is 5.30. The molecule has 18 heavy (non-hydrogen) atoms. The zero-order valence-corrected chi connectivity index (χ0v) is 9.83. The van der Waals surface area contributed by atoms with E-state index in [1.165, 1.54) is 19.2 Å². The third kappa shape index (κ3) is 2.07. The Labute approximate surface area is 103 Å². The van der Waals surface area contributed by atoms with Gasteiger partial charge < -0.3 is 14.5 Å². The molecule has 1 heterocycles. The van der Waals surface area contributed by atoms with Crippen LogP contribution in [-0.2, 0) is 4.74 Å². The molecule has 2 rings (SSSR count). The summed E-state index contributed by atoms with van der Waals surface area (Å²) in [4.78, 5) is 14.4. The van der Waals surface area contributed by atoms with Gasteiger partial charge in [0.05, 0.1) is 12.6 Å². The number of hydrogen-bond acceptors (Lipinski definition) is 3. The second-order valence-corrected chi connectivity index (χ2v) is 3.61. The van der Waals surface area contributed by atoms with Crippen LogP contribution in [0.2, 0.25) is 0 Å². The van der Waals surface area contributed by atoms with E-state index >= 15 is 0 Å². The van der Waals surface area contributed by atoms with Crippen molar-refractivity contribution in [2.45, 2.75) is 0 Å². The highest BCUT2D eigenvalue weighted by atomic mass is 19.1. The zero-order valence-electron chi connectivity index (χ0n) is 9.83. The van der Waals surface area contributed by atoms with Gasteiger partial charge in [-0.3, -0.25) is 0 Å². The normalized spacial score (nSPS) is 10.3. The molecule has 0 aliphatic heterocycles. The van der Waals surface area contributed by atoms with Gasteiger partial charge in [-0.2, -0.15) is 0 Å². The van der Waals surface area contributed by atoms with E-state index in [4.69, 9.17) is 4.74 Å². The molecular formula is C13H12FNO3. The van der Waals surface area contributed by atoms with Gasteiger partial charge >= 0.3 is 5.97 Å². The standard InChI is InChI=1S/C13H12FNO3/c1-3-6-18-12-9-5-4-8(14)7-10(9)15-11(12)13(16)17-2/h3-5,7,15H,1,6H2,2H3. The smallest absolute Gasteiger partial charge is 0.358 e. The van der Waals surface area contributed by atoms with Crippen molar-refractivity contribution in [3.63, 3.8) is 0 Å². The Bertz CT molecular complexity index is 604. The third-order valence-corrected chi connectivity index (χ3v) is 2.45. The quantitative estimate of drug-likeness (QED) is 0.669. The van der Waals surface area contributed by atoms with Gasteiger partial charge in [-0.25, -0.2) is 9.18 Å². The van der Waals surface area contributed by atoms with Crippen LogP contribution in [0.1, 0.15) is 10.5 Å². The molecule has 0 aliphatic carbocycles. The first-order valence-electron chi connectivity index (χ1n) is 5.30. The number of aromatic nitrogens is 1. The second kappa shape index (κ2) is 4.91. The summed E-state index contributed by atoms with van der Waals surface area (Å²) in [6.45, 7) is 3.78.